The van der Waals surface area contributed by atoms with Gasteiger partial charge in [0.15, 0.2) is 0 Å². The van der Waals surface area contributed by atoms with Crippen molar-refractivity contribution < 1.29 is 4.74 Å². The van der Waals surface area contributed by atoms with Gasteiger partial charge in [0, 0.05) is 19.2 Å². The summed E-state index contributed by atoms with van der Waals surface area (Å²) in [7, 11) is 3.18. The van der Waals surface area contributed by atoms with Crippen LogP contribution in [0.4, 0.5) is 5.69 Å². The van der Waals surface area contributed by atoms with Gasteiger partial charge in [-0.25, -0.2) is 4.68 Å². The summed E-state index contributed by atoms with van der Waals surface area (Å²) >= 11 is 12.0. The van der Waals surface area contributed by atoms with Crippen molar-refractivity contribution in [3.63, 3.8) is 0 Å². The maximum atomic E-state index is 11.8. The topological polar surface area (TPSA) is 56.1 Å². The number of anilines is 1. The van der Waals surface area contributed by atoms with Gasteiger partial charge in [-0.15, -0.1) is 0 Å². The Labute approximate surface area is 138 Å². The molecular weight excluding hydrogens is 325 g/mol. The SMILES string of the molecule is COC(c1ccc(Cl)cc1)C(C)Nc1cnn(C)c(=O)c1Cl. The fourth-order valence-electron chi connectivity index (χ4n) is 2.21. The van der Waals surface area contributed by atoms with Crippen molar-refractivity contribution in [2.75, 3.05) is 12.4 Å². The highest BCUT2D eigenvalue weighted by Gasteiger charge is 2.20. The molecule has 118 valence electrons. The monoisotopic (exact) mass is 341 g/mol. The van der Waals surface area contributed by atoms with Gasteiger partial charge in [-0.3, -0.25) is 4.79 Å². The molecule has 2 unspecified atom stereocenters. The Kier molecular flexibility index (Phi) is 5.45. The Morgan fingerprint density at radius 1 is 1.27 bits per heavy atom. The van der Waals surface area contributed by atoms with Crippen LogP contribution in [0.3, 0.4) is 0 Å². The number of ether oxygens (including phenoxy) is 1. The van der Waals surface area contributed by atoms with Crippen LogP contribution in [0.15, 0.2) is 35.3 Å². The molecule has 0 aliphatic heterocycles. The molecule has 1 N–H and O–H groups in total. The van der Waals surface area contributed by atoms with Crippen molar-refractivity contribution in [1.29, 1.82) is 0 Å². The fraction of sp³-hybridized carbons (Fsp3) is 0.333. The highest BCUT2D eigenvalue weighted by molar-refractivity contribution is 6.33. The van der Waals surface area contributed by atoms with E-state index < -0.39 is 0 Å². The van der Waals surface area contributed by atoms with Gasteiger partial charge in [0.2, 0.25) is 0 Å². The fourth-order valence-corrected chi connectivity index (χ4v) is 2.57. The zero-order valence-electron chi connectivity index (χ0n) is 12.5. The number of halogens is 2. The summed E-state index contributed by atoms with van der Waals surface area (Å²) in [5, 5.41) is 7.91. The van der Waals surface area contributed by atoms with Crippen molar-refractivity contribution in [3.8, 4) is 0 Å². The van der Waals surface area contributed by atoms with Crippen LogP contribution in [-0.2, 0) is 11.8 Å². The van der Waals surface area contributed by atoms with E-state index in [1.165, 1.54) is 10.9 Å². The van der Waals surface area contributed by atoms with Crippen LogP contribution in [-0.4, -0.2) is 22.9 Å². The molecular formula is C15H17Cl2N3O2. The molecule has 22 heavy (non-hydrogen) atoms. The van der Waals surface area contributed by atoms with Crippen LogP contribution in [0.5, 0.6) is 0 Å². The van der Waals surface area contributed by atoms with Gasteiger partial charge >= 0.3 is 0 Å². The predicted molar refractivity (Wildman–Crippen MR) is 88.8 cm³/mol. The molecule has 7 heteroatoms. The molecule has 0 radical (unpaired) electrons. The first-order chi connectivity index (χ1) is 10.4. The average molecular weight is 342 g/mol. The third-order valence-electron chi connectivity index (χ3n) is 3.37. The smallest absolute Gasteiger partial charge is 0.287 e. The standard InChI is InChI=1S/C15H17Cl2N3O2/c1-9(14(22-3)10-4-6-11(16)7-5-10)19-12-8-18-20(2)15(21)13(12)17/h4-9,14,19H,1-3H3. The van der Waals surface area contributed by atoms with Gasteiger partial charge < -0.3 is 10.1 Å². The number of hydrogen-bond donors (Lipinski definition) is 1. The van der Waals surface area contributed by atoms with Crippen LogP contribution < -0.4 is 10.9 Å². The van der Waals surface area contributed by atoms with E-state index in [1.807, 2.05) is 31.2 Å². The highest BCUT2D eigenvalue weighted by Crippen LogP contribution is 2.26. The van der Waals surface area contributed by atoms with E-state index in [4.69, 9.17) is 27.9 Å². The largest absolute Gasteiger partial charge is 0.377 e. The number of nitrogens with one attached hydrogen (secondary N) is 1. The lowest BCUT2D eigenvalue weighted by molar-refractivity contribution is 0.0908. The van der Waals surface area contributed by atoms with E-state index in [0.29, 0.717) is 10.7 Å². The van der Waals surface area contributed by atoms with Crippen molar-refractivity contribution in [2.24, 2.45) is 7.05 Å². The third-order valence-corrected chi connectivity index (χ3v) is 3.99. The summed E-state index contributed by atoms with van der Waals surface area (Å²) < 4.78 is 6.74. The molecule has 0 aliphatic carbocycles. The molecule has 0 fully saturated rings. The summed E-state index contributed by atoms with van der Waals surface area (Å²) in [4.78, 5) is 11.8. The number of nitrogens with zero attached hydrogens (tertiary/aromatic N) is 2. The Balaban J connectivity index is 2.23. The highest BCUT2D eigenvalue weighted by atomic mass is 35.5. The van der Waals surface area contributed by atoms with Gasteiger partial charge in [0.05, 0.1) is 17.9 Å². The lowest BCUT2D eigenvalue weighted by Gasteiger charge is -2.25. The lowest BCUT2D eigenvalue weighted by atomic mass is 10.0. The minimum Gasteiger partial charge on any atom is -0.377 e. The Morgan fingerprint density at radius 3 is 2.50 bits per heavy atom. The summed E-state index contributed by atoms with van der Waals surface area (Å²) in [5.41, 5.74) is 1.10. The number of rotatable bonds is 5. The molecule has 0 spiro atoms. The normalized spacial score (nSPS) is 13.7. The molecule has 1 aromatic heterocycles. The van der Waals surface area contributed by atoms with E-state index in [2.05, 4.69) is 10.4 Å². The summed E-state index contributed by atoms with van der Waals surface area (Å²) in [6.07, 6.45) is 1.30. The average Bonchev–Trinajstić information content (AvgIpc) is 2.50. The molecule has 0 amide bonds. The number of aryl methyl sites for hydroxylation is 1. The number of hydrogen-bond acceptors (Lipinski definition) is 4. The first kappa shape index (κ1) is 16.8. The van der Waals surface area contributed by atoms with E-state index in [9.17, 15) is 4.79 Å². The maximum absolute atomic E-state index is 11.8. The lowest BCUT2D eigenvalue weighted by Crippen LogP contribution is -2.28. The zero-order valence-corrected chi connectivity index (χ0v) is 14.0. The Hall–Kier alpha value is -1.56. The van der Waals surface area contributed by atoms with Crippen LogP contribution in [0.2, 0.25) is 10.0 Å². The van der Waals surface area contributed by atoms with Crippen molar-refractivity contribution in [2.45, 2.75) is 19.1 Å². The van der Waals surface area contributed by atoms with E-state index in [-0.39, 0.29) is 22.7 Å². The van der Waals surface area contributed by atoms with Crippen molar-refractivity contribution in [3.05, 3.63) is 56.4 Å². The van der Waals surface area contributed by atoms with E-state index >= 15 is 0 Å². The molecule has 0 saturated heterocycles. The van der Waals surface area contributed by atoms with Crippen molar-refractivity contribution >= 4 is 28.9 Å². The van der Waals surface area contributed by atoms with Crippen LogP contribution in [0.25, 0.3) is 0 Å². The second-order valence-electron chi connectivity index (χ2n) is 4.94. The van der Waals surface area contributed by atoms with Gasteiger partial charge in [0.25, 0.3) is 5.56 Å². The summed E-state index contributed by atoms with van der Waals surface area (Å²) in [6, 6.07) is 7.29. The van der Waals surface area contributed by atoms with Gasteiger partial charge in [-0.2, -0.15) is 5.10 Å². The van der Waals surface area contributed by atoms with Gasteiger partial charge in [-0.1, -0.05) is 35.3 Å². The second-order valence-corrected chi connectivity index (χ2v) is 5.76. The zero-order chi connectivity index (χ0) is 16.3. The predicted octanol–water partition coefficient (Wildman–Crippen LogP) is 3.28. The van der Waals surface area contributed by atoms with Crippen LogP contribution in [0.1, 0.15) is 18.6 Å². The molecule has 0 aliphatic rings. The van der Waals surface area contributed by atoms with Crippen molar-refractivity contribution in [1.82, 2.24) is 9.78 Å². The van der Waals surface area contributed by atoms with Crippen LogP contribution in [0, 0.1) is 0 Å². The van der Waals surface area contributed by atoms with Gasteiger partial charge in [0.1, 0.15) is 11.1 Å². The molecule has 0 bridgehead atoms. The third kappa shape index (κ3) is 3.61. The summed E-state index contributed by atoms with van der Waals surface area (Å²) in [5.74, 6) is 0. The quantitative estimate of drug-likeness (QED) is 0.906. The molecule has 2 atom stereocenters. The van der Waals surface area contributed by atoms with Crippen LogP contribution >= 0.6 is 23.2 Å². The molecule has 1 aromatic carbocycles. The Bertz CT molecular complexity index is 701. The molecule has 5 nitrogen and oxygen atoms in total. The minimum atomic E-state index is -0.348. The number of benzene rings is 1. The molecule has 2 aromatic rings. The second kappa shape index (κ2) is 7.13. The molecule has 1 heterocycles. The maximum Gasteiger partial charge on any atom is 0.287 e. The minimum absolute atomic E-state index is 0.107. The molecule has 0 saturated carbocycles. The number of methoxy groups -OCH3 is 1. The van der Waals surface area contributed by atoms with E-state index in [1.54, 1.807) is 14.2 Å². The number of aromatic nitrogens is 2. The first-order valence-corrected chi connectivity index (χ1v) is 7.46. The van der Waals surface area contributed by atoms with E-state index in [0.717, 1.165) is 5.56 Å². The summed E-state index contributed by atoms with van der Waals surface area (Å²) in [6.45, 7) is 1.94. The van der Waals surface area contributed by atoms with Gasteiger partial charge in [-0.05, 0) is 24.6 Å². The first-order valence-electron chi connectivity index (χ1n) is 6.70. The Morgan fingerprint density at radius 2 is 1.91 bits per heavy atom. The molecule has 2 rings (SSSR count).